The Morgan fingerprint density at radius 3 is 2.77 bits per heavy atom. The summed E-state index contributed by atoms with van der Waals surface area (Å²) in [5.74, 6) is 2.83. The van der Waals surface area contributed by atoms with Gasteiger partial charge < -0.3 is 19.2 Å². The summed E-state index contributed by atoms with van der Waals surface area (Å²) >= 11 is 0. The van der Waals surface area contributed by atoms with Crippen molar-refractivity contribution in [3.05, 3.63) is 29.3 Å². The molecule has 1 heterocycles. The van der Waals surface area contributed by atoms with Gasteiger partial charge in [0.15, 0.2) is 0 Å². The summed E-state index contributed by atoms with van der Waals surface area (Å²) in [5, 5.41) is 9.23. The molecule has 0 N–H and O–H groups in total. The number of piperidine rings is 1. The van der Waals surface area contributed by atoms with Gasteiger partial charge in [0.1, 0.15) is 17.6 Å². The molecule has 0 radical (unpaired) electrons. The molecule has 2 saturated carbocycles. The number of carbonyl (C=O) groups is 2. The first-order chi connectivity index (χ1) is 14.5. The quantitative estimate of drug-likeness (QED) is 0.603. The molecule has 1 aromatic carbocycles. The Morgan fingerprint density at radius 1 is 1.33 bits per heavy atom. The van der Waals surface area contributed by atoms with E-state index < -0.39 is 0 Å². The Bertz CT molecular complexity index is 834. The number of likely N-dealkylation sites (tertiary alicyclic amines) is 1. The lowest BCUT2D eigenvalue weighted by Crippen LogP contribution is -2.40. The fourth-order valence-corrected chi connectivity index (χ4v) is 4.59. The van der Waals surface area contributed by atoms with Crippen LogP contribution in [-0.2, 0) is 16.0 Å². The average molecular weight is 411 g/mol. The SMILES string of the molecule is CC1(OC(=O)N2CCC(C3CC3CCOc3ccc(CC=O)c(C#N)c3)CC2)CC1. The van der Waals surface area contributed by atoms with Gasteiger partial charge in [0.2, 0.25) is 0 Å². The number of nitriles is 1. The van der Waals surface area contributed by atoms with Crippen molar-refractivity contribution in [1.29, 1.82) is 5.26 Å². The number of rotatable bonds is 8. The third kappa shape index (κ3) is 4.95. The predicted molar refractivity (Wildman–Crippen MR) is 111 cm³/mol. The first-order valence-electron chi connectivity index (χ1n) is 11.1. The maximum absolute atomic E-state index is 12.2. The van der Waals surface area contributed by atoms with Crippen LogP contribution in [0.4, 0.5) is 4.79 Å². The van der Waals surface area contributed by atoms with E-state index in [1.807, 2.05) is 17.9 Å². The van der Waals surface area contributed by atoms with Crippen LogP contribution in [0.1, 0.15) is 56.6 Å². The van der Waals surface area contributed by atoms with E-state index in [-0.39, 0.29) is 18.1 Å². The first kappa shape index (κ1) is 20.7. The first-order valence-corrected chi connectivity index (χ1v) is 11.1. The van der Waals surface area contributed by atoms with Crippen molar-refractivity contribution < 1.29 is 19.1 Å². The molecule has 0 spiro atoms. The lowest BCUT2D eigenvalue weighted by molar-refractivity contribution is -0.107. The number of carbonyl (C=O) groups excluding carboxylic acids is 2. The highest BCUT2D eigenvalue weighted by molar-refractivity contribution is 5.68. The molecule has 0 bridgehead atoms. The number of hydrogen-bond acceptors (Lipinski definition) is 5. The summed E-state index contributed by atoms with van der Waals surface area (Å²) in [6.07, 6.45) is 7.30. The van der Waals surface area contributed by atoms with Crippen molar-refractivity contribution >= 4 is 12.4 Å². The molecule has 2 unspecified atom stereocenters. The molecule has 2 aliphatic carbocycles. The van der Waals surface area contributed by atoms with Crippen LogP contribution in [0.15, 0.2) is 18.2 Å². The van der Waals surface area contributed by atoms with Crippen molar-refractivity contribution in [3.63, 3.8) is 0 Å². The molecule has 0 aromatic heterocycles. The zero-order valence-corrected chi connectivity index (χ0v) is 17.6. The zero-order valence-electron chi connectivity index (χ0n) is 17.6. The monoisotopic (exact) mass is 410 g/mol. The number of aldehydes is 1. The standard InChI is InChI=1S/C24H30N2O4/c1-24(8-9-24)30-23(28)26-10-4-18(5-11-26)22-15-19(22)7-13-29-21-3-2-17(6-12-27)20(14-21)16-25/h2-3,12,14,18-19,22H,4-11,13,15H2,1H3. The maximum atomic E-state index is 12.2. The van der Waals surface area contributed by atoms with Crippen LogP contribution in [0, 0.1) is 29.1 Å². The van der Waals surface area contributed by atoms with E-state index in [9.17, 15) is 14.9 Å². The van der Waals surface area contributed by atoms with Crippen molar-refractivity contribution in [1.82, 2.24) is 4.90 Å². The third-order valence-corrected chi connectivity index (χ3v) is 6.93. The third-order valence-electron chi connectivity index (χ3n) is 6.93. The molecule has 3 aliphatic rings. The topological polar surface area (TPSA) is 79.6 Å². The second-order valence-electron chi connectivity index (χ2n) is 9.24. The van der Waals surface area contributed by atoms with Gasteiger partial charge in [-0.2, -0.15) is 5.26 Å². The van der Waals surface area contributed by atoms with Gasteiger partial charge in [0.25, 0.3) is 0 Å². The molecule has 6 heteroatoms. The second-order valence-corrected chi connectivity index (χ2v) is 9.24. The van der Waals surface area contributed by atoms with E-state index in [1.165, 1.54) is 6.42 Å². The predicted octanol–water partition coefficient (Wildman–Crippen LogP) is 4.11. The molecule has 4 rings (SSSR count). The maximum Gasteiger partial charge on any atom is 0.410 e. The van der Waals surface area contributed by atoms with Gasteiger partial charge in [-0.3, -0.25) is 0 Å². The number of hydrogen-bond donors (Lipinski definition) is 0. The van der Waals surface area contributed by atoms with Crippen molar-refractivity contribution in [2.24, 2.45) is 17.8 Å². The molecule has 2 atom stereocenters. The van der Waals surface area contributed by atoms with E-state index in [0.29, 0.717) is 29.8 Å². The van der Waals surface area contributed by atoms with Crippen molar-refractivity contribution in [3.8, 4) is 11.8 Å². The van der Waals surface area contributed by atoms with E-state index in [0.717, 1.165) is 63.0 Å². The van der Waals surface area contributed by atoms with Gasteiger partial charge in [-0.15, -0.1) is 0 Å². The van der Waals surface area contributed by atoms with E-state index in [1.54, 1.807) is 12.1 Å². The molecule has 6 nitrogen and oxygen atoms in total. The molecular formula is C24H30N2O4. The van der Waals surface area contributed by atoms with E-state index in [2.05, 4.69) is 6.07 Å². The fourth-order valence-electron chi connectivity index (χ4n) is 4.59. The smallest absolute Gasteiger partial charge is 0.410 e. The van der Waals surface area contributed by atoms with Gasteiger partial charge in [-0.25, -0.2) is 4.79 Å². The summed E-state index contributed by atoms with van der Waals surface area (Å²) < 4.78 is 11.4. The van der Waals surface area contributed by atoms with Gasteiger partial charge in [-0.1, -0.05) is 6.07 Å². The zero-order chi connectivity index (χ0) is 21.1. The Morgan fingerprint density at radius 2 is 2.10 bits per heavy atom. The van der Waals surface area contributed by atoms with Gasteiger partial charge >= 0.3 is 6.09 Å². The van der Waals surface area contributed by atoms with Crippen LogP contribution in [0.2, 0.25) is 0 Å². The highest BCUT2D eigenvalue weighted by atomic mass is 16.6. The number of nitrogens with zero attached hydrogens (tertiary/aromatic N) is 2. The largest absolute Gasteiger partial charge is 0.494 e. The molecule has 1 aliphatic heterocycles. The second kappa shape index (κ2) is 8.67. The lowest BCUT2D eigenvalue weighted by atomic mass is 9.91. The Labute approximate surface area is 178 Å². The van der Waals surface area contributed by atoms with Gasteiger partial charge in [0, 0.05) is 19.5 Å². The van der Waals surface area contributed by atoms with Crippen LogP contribution in [0.3, 0.4) is 0 Å². The summed E-state index contributed by atoms with van der Waals surface area (Å²) in [4.78, 5) is 24.8. The van der Waals surface area contributed by atoms with Gasteiger partial charge in [-0.05, 0) is 80.9 Å². The minimum atomic E-state index is -0.196. The Kier molecular flexibility index (Phi) is 5.99. The summed E-state index contributed by atoms with van der Waals surface area (Å²) in [6, 6.07) is 7.49. The lowest BCUT2D eigenvalue weighted by Gasteiger charge is -2.32. The number of benzene rings is 1. The summed E-state index contributed by atoms with van der Waals surface area (Å²) in [7, 11) is 0. The van der Waals surface area contributed by atoms with Gasteiger partial charge in [0.05, 0.1) is 18.2 Å². The molecule has 1 amide bonds. The molecule has 160 valence electrons. The van der Waals surface area contributed by atoms with Crippen LogP contribution >= 0.6 is 0 Å². The molecular weight excluding hydrogens is 380 g/mol. The normalized spacial score (nSPS) is 24.6. The van der Waals surface area contributed by atoms with Crippen molar-refractivity contribution in [2.45, 2.75) is 57.5 Å². The highest BCUT2D eigenvalue weighted by Gasteiger charge is 2.45. The minimum absolute atomic E-state index is 0.134. The number of ether oxygens (including phenoxy) is 2. The van der Waals surface area contributed by atoms with Crippen LogP contribution in [0.5, 0.6) is 5.75 Å². The van der Waals surface area contributed by atoms with Crippen LogP contribution in [0.25, 0.3) is 0 Å². The molecule has 1 aromatic rings. The number of amides is 1. The van der Waals surface area contributed by atoms with Crippen LogP contribution in [-0.4, -0.2) is 42.6 Å². The Hall–Kier alpha value is -2.55. The minimum Gasteiger partial charge on any atom is -0.494 e. The highest BCUT2D eigenvalue weighted by Crippen LogP contribution is 2.50. The molecule has 3 fully saturated rings. The van der Waals surface area contributed by atoms with E-state index in [4.69, 9.17) is 9.47 Å². The van der Waals surface area contributed by atoms with Crippen molar-refractivity contribution in [2.75, 3.05) is 19.7 Å². The van der Waals surface area contributed by atoms with Crippen LogP contribution < -0.4 is 4.74 Å². The average Bonchev–Trinajstić information content (AvgIpc) is 3.67. The summed E-state index contributed by atoms with van der Waals surface area (Å²) in [6.45, 7) is 4.27. The molecule has 1 saturated heterocycles. The Balaban J connectivity index is 1.16. The summed E-state index contributed by atoms with van der Waals surface area (Å²) in [5.41, 5.74) is 1.05. The molecule has 30 heavy (non-hydrogen) atoms. The fraction of sp³-hybridized carbons (Fsp3) is 0.625. The van der Waals surface area contributed by atoms with E-state index >= 15 is 0 Å².